The van der Waals surface area contributed by atoms with Crippen LogP contribution >= 0.6 is 0 Å². The molecule has 4 rings (SSSR count). The minimum atomic E-state index is -0.296. The van der Waals surface area contributed by atoms with Crippen LogP contribution in [0.2, 0.25) is 0 Å². The van der Waals surface area contributed by atoms with Crippen LogP contribution in [0.25, 0.3) is 0 Å². The van der Waals surface area contributed by atoms with E-state index in [9.17, 15) is 10.2 Å². The summed E-state index contributed by atoms with van der Waals surface area (Å²) in [4.78, 5) is 0. The van der Waals surface area contributed by atoms with E-state index in [2.05, 4.69) is 18.9 Å². The van der Waals surface area contributed by atoms with E-state index in [1.165, 1.54) is 5.57 Å². The fourth-order valence-corrected chi connectivity index (χ4v) is 6.57. The summed E-state index contributed by atoms with van der Waals surface area (Å²) in [6, 6.07) is 0. The SMILES string of the molecule is C#C[C@]12CC[C@H]3[C@@H](CC=C4C[C@@H](O)CC[C@@]43C)[C@@H]1CC[C@@H]2O. The first-order valence-corrected chi connectivity index (χ1v) is 9.04. The fraction of sp³-hybridized carbons (Fsp3) is 0.800. The van der Waals surface area contributed by atoms with Crippen LogP contribution in [0.5, 0.6) is 0 Å². The predicted octanol–water partition coefficient (Wildman–Crippen LogP) is 3.28. The van der Waals surface area contributed by atoms with Crippen molar-refractivity contribution < 1.29 is 10.2 Å². The Morgan fingerprint density at radius 2 is 1.95 bits per heavy atom. The molecule has 0 aromatic carbocycles. The summed E-state index contributed by atoms with van der Waals surface area (Å²) in [5.41, 5.74) is 1.51. The number of hydrogen-bond donors (Lipinski definition) is 2. The number of aliphatic hydroxyl groups excluding tert-OH is 2. The van der Waals surface area contributed by atoms with Crippen LogP contribution in [-0.2, 0) is 0 Å². The average molecular weight is 300 g/mol. The Bertz CT molecular complexity index is 544. The molecule has 0 amide bonds. The minimum Gasteiger partial charge on any atom is -0.393 e. The third-order valence-corrected chi connectivity index (χ3v) is 7.82. The van der Waals surface area contributed by atoms with E-state index in [0.29, 0.717) is 17.8 Å². The standard InChI is InChI=1S/C20H28O2/c1-3-20-11-9-16-15(17(20)6-7-18(20)22)5-4-13-12-14(21)8-10-19(13,16)2/h1,4,14-18,21-22H,5-12H2,2H3/t14-,15+,16-,17-,18-,19-,20-/m0/s1. The van der Waals surface area contributed by atoms with Crippen molar-refractivity contribution in [1.29, 1.82) is 0 Å². The molecule has 0 unspecified atom stereocenters. The molecule has 0 saturated heterocycles. The van der Waals surface area contributed by atoms with Gasteiger partial charge in [0.05, 0.1) is 17.6 Å². The lowest BCUT2D eigenvalue weighted by Gasteiger charge is -2.57. The third kappa shape index (κ3) is 1.76. The highest BCUT2D eigenvalue weighted by molar-refractivity contribution is 5.28. The molecular formula is C20H28O2. The molecule has 7 atom stereocenters. The Morgan fingerprint density at radius 3 is 2.73 bits per heavy atom. The van der Waals surface area contributed by atoms with Crippen molar-refractivity contribution in [2.45, 2.75) is 70.5 Å². The van der Waals surface area contributed by atoms with E-state index in [0.717, 1.165) is 51.4 Å². The van der Waals surface area contributed by atoms with Gasteiger partial charge in [-0.05, 0) is 74.5 Å². The van der Waals surface area contributed by atoms with Crippen molar-refractivity contribution in [1.82, 2.24) is 0 Å². The smallest absolute Gasteiger partial charge is 0.0708 e. The predicted molar refractivity (Wildman–Crippen MR) is 86.9 cm³/mol. The summed E-state index contributed by atoms with van der Waals surface area (Å²) < 4.78 is 0. The highest BCUT2D eigenvalue weighted by Gasteiger charge is 2.59. The summed E-state index contributed by atoms with van der Waals surface area (Å²) in [5.74, 6) is 4.86. The van der Waals surface area contributed by atoms with Gasteiger partial charge in [-0.3, -0.25) is 0 Å². The molecule has 120 valence electrons. The van der Waals surface area contributed by atoms with Crippen LogP contribution in [0, 0.1) is 40.9 Å². The molecule has 3 fully saturated rings. The number of hydrogen-bond acceptors (Lipinski definition) is 2. The van der Waals surface area contributed by atoms with Crippen LogP contribution in [-0.4, -0.2) is 22.4 Å². The van der Waals surface area contributed by atoms with Crippen LogP contribution in [0.1, 0.15) is 58.3 Å². The van der Waals surface area contributed by atoms with Gasteiger partial charge in [-0.2, -0.15) is 0 Å². The lowest BCUT2D eigenvalue weighted by Crippen LogP contribution is -2.51. The zero-order valence-corrected chi connectivity index (χ0v) is 13.6. The molecule has 22 heavy (non-hydrogen) atoms. The maximum absolute atomic E-state index is 10.5. The Balaban J connectivity index is 1.70. The summed E-state index contributed by atoms with van der Waals surface area (Å²) >= 11 is 0. The van der Waals surface area contributed by atoms with Crippen molar-refractivity contribution in [3.8, 4) is 12.3 Å². The molecule has 4 aliphatic carbocycles. The topological polar surface area (TPSA) is 40.5 Å². The number of aliphatic hydroxyl groups is 2. The van der Waals surface area contributed by atoms with Gasteiger partial charge >= 0.3 is 0 Å². The van der Waals surface area contributed by atoms with Gasteiger partial charge < -0.3 is 10.2 Å². The van der Waals surface area contributed by atoms with E-state index in [1.54, 1.807) is 0 Å². The summed E-state index contributed by atoms with van der Waals surface area (Å²) in [7, 11) is 0. The average Bonchev–Trinajstić information content (AvgIpc) is 2.86. The minimum absolute atomic E-state index is 0.141. The second-order valence-corrected chi connectivity index (χ2v) is 8.47. The summed E-state index contributed by atoms with van der Waals surface area (Å²) in [6.45, 7) is 2.43. The molecule has 2 heteroatoms. The lowest BCUT2D eigenvalue weighted by atomic mass is 9.48. The summed E-state index contributed by atoms with van der Waals surface area (Å²) in [6.07, 6.45) is 16.0. The Labute approximate surface area is 134 Å². The Kier molecular flexibility index (Phi) is 3.26. The zero-order valence-electron chi connectivity index (χ0n) is 13.6. The van der Waals surface area contributed by atoms with Crippen molar-refractivity contribution in [3.05, 3.63) is 11.6 Å². The van der Waals surface area contributed by atoms with Crippen LogP contribution in [0.15, 0.2) is 11.6 Å². The van der Waals surface area contributed by atoms with Gasteiger partial charge in [0.2, 0.25) is 0 Å². The highest BCUT2D eigenvalue weighted by Crippen LogP contribution is 2.64. The molecule has 0 heterocycles. The molecule has 2 N–H and O–H groups in total. The monoisotopic (exact) mass is 300 g/mol. The molecular weight excluding hydrogens is 272 g/mol. The molecule has 0 aromatic rings. The van der Waals surface area contributed by atoms with E-state index in [4.69, 9.17) is 6.42 Å². The summed E-state index contributed by atoms with van der Waals surface area (Å²) in [5, 5.41) is 20.5. The van der Waals surface area contributed by atoms with Gasteiger partial charge in [0, 0.05) is 0 Å². The largest absolute Gasteiger partial charge is 0.393 e. The molecule has 0 spiro atoms. The van der Waals surface area contributed by atoms with Crippen molar-refractivity contribution in [2.24, 2.45) is 28.6 Å². The van der Waals surface area contributed by atoms with Crippen LogP contribution in [0.4, 0.5) is 0 Å². The third-order valence-electron chi connectivity index (χ3n) is 7.82. The fourth-order valence-electron chi connectivity index (χ4n) is 6.57. The highest BCUT2D eigenvalue weighted by atomic mass is 16.3. The van der Waals surface area contributed by atoms with Crippen molar-refractivity contribution >= 4 is 0 Å². The van der Waals surface area contributed by atoms with Gasteiger partial charge in [0.1, 0.15) is 0 Å². The molecule has 0 aliphatic heterocycles. The van der Waals surface area contributed by atoms with E-state index < -0.39 is 0 Å². The quantitative estimate of drug-likeness (QED) is 0.532. The molecule has 0 aromatic heterocycles. The molecule has 0 radical (unpaired) electrons. The number of terminal acetylenes is 1. The van der Waals surface area contributed by atoms with Gasteiger partial charge in [0.25, 0.3) is 0 Å². The van der Waals surface area contributed by atoms with E-state index >= 15 is 0 Å². The maximum atomic E-state index is 10.5. The zero-order chi connectivity index (χ0) is 15.5. The second-order valence-electron chi connectivity index (χ2n) is 8.47. The lowest BCUT2D eigenvalue weighted by molar-refractivity contribution is -0.0519. The van der Waals surface area contributed by atoms with Gasteiger partial charge in [-0.1, -0.05) is 24.5 Å². The second kappa shape index (κ2) is 4.86. The Morgan fingerprint density at radius 1 is 1.14 bits per heavy atom. The molecule has 0 bridgehead atoms. The number of allylic oxidation sites excluding steroid dienone is 1. The van der Waals surface area contributed by atoms with Gasteiger partial charge in [-0.25, -0.2) is 0 Å². The number of fused-ring (bicyclic) bond motifs is 5. The van der Waals surface area contributed by atoms with E-state index in [1.807, 2.05) is 0 Å². The molecule has 3 saturated carbocycles. The van der Waals surface area contributed by atoms with Gasteiger partial charge in [0.15, 0.2) is 0 Å². The molecule has 2 nitrogen and oxygen atoms in total. The number of rotatable bonds is 0. The molecule has 4 aliphatic rings. The van der Waals surface area contributed by atoms with Gasteiger partial charge in [-0.15, -0.1) is 6.42 Å². The van der Waals surface area contributed by atoms with Crippen molar-refractivity contribution in [2.75, 3.05) is 0 Å². The maximum Gasteiger partial charge on any atom is 0.0708 e. The van der Waals surface area contributed by atoms with E-state index in [-0.39, 0.29) is 23.0 Å². The first kappa shape index (κ1) is 14.8. The Hall–Kier alpha value is -0.780. The first-order chi connectivity index (χ1) is 10.5. The van der Waals surface area contributed by atoms with Crippen molar-refractivity contribution in [3.63, 3.8) is 0 Å². The normalized spacial score (nSPS) is 53.7. The van der Waals surface area contributed by atoms with Crippen LogP contribution < -0.4 is 0 Å². The first-order valence-electron chi connectivity index (χ1n) is 9.04. The van der Waals surface area contributed by atoms with Crippen LogP contribution in [0.3, 0.4) is 0 Å².